The molecule has 2 aliphatic carbocycles. The summed E-state index contributed by atoms with van der Waals surface area (Å²) in [5.74, 6) is 0.614. The second-order valence-electron chi connectivity index (χ2n) is 15.0. The van der Waals surface area contributed by atoms with Crippen molar-refractivity contribution in [1.82, 2.24) is 0 Å². The van der Waals surface area contributed by atoms with E-state index in [0.717, 1.165) is 39.7 Å². The van der Waals surface area contributed by atoms with Crippen LogP contribution in [-0.4, -0.2) is 6.04 Å². The van der Waals surface area contributed by atoms with Gasteiger partial charge in [-0.15, -0.1) is 0 Å². The van der Waals surface area contributed by atoms with E-state index >= 15 is 0 Å². The zero-order valence-corrected chi connectivity index (χ0v) is 30.5. The summed E-state index contributed by atoms with van der Waals surface area (Å²) in [6, 6.07) is 57.8. The van der Waals surface area contributed by atoms with E-state index in [9.17, 15) is 0 Å². The summed E-state index contributed by atoms with van der Waals surface area (Å²) in [4.78, 5) is 2.55. The summed E-state index contributed by atoms with van der Waals surface area (Å²) >= 11 is 0. The molecule has 1 heterocycles. The monoisotopic (exact) mass is 697 g/mol. The highest BCUT2D eigenvalue weighted by molar-refractivity contribution is 6.06. The van der Waals surface area contributed by atoms with Crippen LogP contribution in [0.2, 0.25) is 0 Å². The van der Waals surface area contributed by atoms with Gasteiger partial charge in [-0.3, -0.25) is 0 Å². The maximum atomic E-state index is 6.48. The molecule has 1 saturated carbocycles. The van der Waals surface area contributed by atoms with E-state index in [2.05, 4.69) is 175 Å². The molecular weight excluding hydrogens is 655 g/mol. The fourth-order valence-corrected chi connectivity index (χ4v) is 9.17. The van der Waals surface area contributed by atoms with Crippen molar-refractivity contribution < 1.29 is 4.42 Å². The van der Waals surface area contributed by atoms with Crippen molar-refractivity contribution in [3.05, 3.63) is 187 Å². The van der Waals surface area contributed by atoms with Gasteiger partial charge in [-0.05, 0) is 105 Å². The Bertz CT molecular complexity index is 2650. The fraction of sp³-hybridized carbons (Fsp3) is 0.154. The summed E-state index contributed by atoms with van der Waals surface area (Å²) < 4.78 is 6.48. The van der Waals surface area contributed by atoms with E-state index in [1.54, 1.807) is 0 Å². The Labute approximate surface area is 317 Å². The first-order valence-electron chi connectivity index (χ1n) is 19.6. The highest BCUT2D eigenvalue weighted by Crippen LogP contribution is 2.44. The summed E-state index contributed by atoms with van der Waals surface area (Å²) in [5, 5.41) is 5.07. The highest BCUT2D eigenvalue weighted by Gasteiger charge is 2.29. The van der Waals surface area contributed by atoms with E-state index < -0.39 is 0 Å². The number of hydrogen-bond acceptors (Lipinski definition) is 2. The van der Waals surface area contributed by atoms with Crippen LogP contribution >= 0.6 is 0 Å². The SMILES string of the molecule is C1=CCC(N(c2ccc(-c3ccc(-c4ccccc4)cc3)cc2)c2ccc3c(c2)oc2ccccc23)C(c2cccc3cccc(C4CCCCC4)c23)=C1. The summed E-state index contributed by atoms with van der Waals surface area (Å²) in [6.07, 6.45) is 14.4. The molecule has 0 aliphatic heterocycles. The van der Waals surface area contributed by atoms with Gasteiger partial charge in [0.1, 0.15) is 11.2 Å². The lowest BCUT2D eigenvalue weighted by Gasteiger charge is -2.37. The third kappa shape index (κ3) is 5.93. The standard InChI is InChI=1S/C52H43NO/c1-3-13-36(14-4-1)37-25-27-38(28-26-37)39-29-31-42(32-30-39)53(43-33-34-47-46-20-8-10-24-50(46)54-51(47)35-43)49-23-9-7-19-45(49)48-22-12-18-41-17-11-21-44(52(41)48)40-15-5-2-6-16-40/h1,3-4,7-14,17-22,24-35,40,49H,2,5-6,15-16,23H2. The topological polar surface area (TPSA) is 16.4 Å². The smallest absolute Gasteiger partial charge is 0.137 e. The van der Waals surface area contributed by atoms with Gasteiger partial charge in [0.2, 0.25) is 0 Å². The molecule has 2 aliphatic rings. The molecule has 262 valence electrons. The predicted molar refractivity (Wildman–Crippen MR) is 228 cm³/mol. The Morgan fingerprint density at radius 2 is 1.17 bits per heavy atom. The molecule has 2 nitrogen and oxygen atoms in total. The molecule has 0 saturated heterocycles. The first-order chi connectivity index (χ1) is 26.8. The Kier molecular flexibility index (Phi) is 8.45. The summed E-state index contributed by atoms with van der Waals surface area (Å²) in [6.45, 7) is 0. The van der Waals surface area contributed by atoms with Crippen molar-refractivity contribution >= 4 is 49.7 Å². The number of para-hydroxylation sites is 1. The second kappa shape index (κ2) is 14.0. The molecule has 1 aromatic heterocycles. The number of allylic oxidation sites excluding steroid dienone is 2. The minimum Gasteiger partial charge on any atom is -0.456 e. The second-order valence-corrected chi connectivity index (χ2v) is 15.0. The van der Waals surface area contributed by atoms with Crippen molar-refractivity contribution in [2.24, 2.45) is 0 Å². The fourth-order valence-electron chi connectivity index (χ4n) is 9.17. The van der Waals surface area contributed by atoms with E-state index in [4.69, 9.17) is 4.42 Å². The van der Waals surface area contributed by atoms with E-state index in [1.807, 2.05) is 6.07 Å². The number of nitrogens with zero attached hydrogens (tertiary/aromatic N) is 1. The lowest BCUT2D eigenvalue weighted by Crippen LogP contribution is -2.33. The third-order valence-electron chi connectivity index (χ3n) is 11.8. The maximum Gasteiger partial charge on any atom is 0.137 e. The van der Waals surface area contributed by atoms with Crippen LogP contribution in [0.25, 0.3) is 60.5 Å². The van der Waals surface area contributed by atoms with Gasteiger partial charge in [0, 0.05) is 28.2 Å². The molecule has 7 aromatic carbocycles. The number of rotatable bonds is 7. The molecular formula is C52H43NO. The van der Waals surface area contributed by atoms with Crippen LogP contribution in [0.5, 0.6) is 0 Å². The molecule has 0 bridgehead atoms. The molecule has 1 fully saturated rings. The first-order valence-corrected chi connectivity index (χ1v) is 19.6. The molecule has 2 heteroatoms. The van der Waals surface area contributed by atoms with Crippen molar-refractivity contribution in [3.63, 3.8) is 0 Å². The largest absolute Gasteiger partial charge is 0.456 e. The van der Waals surface area contributed by atoms with Gasteiger partial charge in [-0.2, -0.15) is 0 Å². The summed E-state index contributed by atoms with van der Waals surface area (Å²) in [5.41, 5.74) is 13.2. The minimum absolute atomic E-state index is 0.0813. The van der Waals surface area contributed by atoms with Crippen molar-refractivity contribution in [1.29, 1.82) is 0 Å². The van der Waals surface area contributed by atoms with Crippen molar-refractivity contribution in [2.75, 3.05) is 4.90 Å². The van der Waals surface area contributed by atoms with Crippen LogP contribution in [0.3, 0.4) is 0 Å². The Balaban J connectivity index is 1.09. The average Bonchev–Trinajstić information content (AvgIpc) is 3.62. The Morgan fingerprint density at radius 3 is 1.94 bits per heavy atom. The predicted octanol–water partition coefficient (Wildman–Crippen LogP) is 14.7. The molecule has 8 aromatic rings. The van der Waals surface area contributed by atoms with Crippen LogP contribution in [-0.2, 0) is 0 Å². The van der Waals surface area contributed by atoms with E-state index in [1.165, 1.54) is 81.8 Å². The lowest BCUT2D eigenvalue weighted by atomic mass is 9.79. The zero-order valence-electron chi connectivity index (χ0n) is 30.5. The van der Waals surface area contributed by atoms with Crippen LogP contribution in [0, 0.1) is 0 Å². The highest BCUT2D eigenvalue weighted by atomic mass is 16.3. The summed E-state index contributed by atoms with van der Waals surface area (Å²) in [7, 11) is 0. The molecule has 1 atom stereocenters. The molecule has 0 amide bonds. The number of anilines is 2. The van der Waals surface area contributed by atoms with Gasteiger partial charge in [0.25, 0.3) is 0 Å². The molecule has 0 radical (unpaired) electrons. The van der Waals surface area contributed by atoms with E-state index in [-0.39, 0.29) is 6.04 Å². The van der Waals surface area contributed by atoms with Gasteiger partial charge >= 0.3 is 0 Å². The van der Waals surface area contributed by atoms with Gasteiger partial charge < -0.3 is 9.32 Å². The quantitative estimate of drug-likeness (QED) is 0.165. The number of benzene rings is 7. The molecule has 0 spiro atoms. The van der Waals surface area contributed by atoms with Gasteiger partial charge in [0.05, 0.1) is 6.04 Å². The van der Waals surface area contributed by atoms with E-state index in [0.29, 0.717) is 5.92 Å². The molecule has 0 N–H and O–H groups in total. The third-order valence-corrected chi connectivity index (χ3v) is 11.8. The molecule has 54 heavy (non-hydrogen) atoms. The van der Waals surface area contributed by atoms with Crippen molar-refractivity contribution in [2.45, 2.75) is 50.5 Å². The van der Waals surface area contributed by atoms with Crippen LogP contribution < -0.4 is 4.90 Å². The molecule has 10 rings (SSSR count). The van der Waals surface area contributed by atoms with Gasteiger partial charge in [-0.1, -0.05) is 159 Å². The lowest BCUT2D eigenvalue weighted by molar-refractivity contribution is 0.445. The van der Waals surface area contributed by atoms with Crippen molar-refractivity contribution in [3.8, 4) is 22.3 Å². The van der Waals surface area contributed by atoms with Crippen LogP contribution in [0.4, 0.5) is 11.4 Å². The maximum absolute atomic E-state index is 6.48. The number of hydrogen-bond donors (Lipinski definition) is 0. The van der Waals surface area contributed by atoms with Crippen LogP contribution in [0.15, 0.2) is 180 Å². The van der Waals surface area contributed by atoms with Crippen LogP contribution in [0.1, 0.15) is 55.6 Å². The minimum atomic E-state index is 0.0813. The Hall–Kier alpha value is -6.12. The van der Waals surface area contributed by atoms with Gasteiger partial charge in [-0.25, -0.2) is 0 Å². The number of furan rings is 1. The Morgan fingerprint density at radius 1 is 0.519 bits per heavy atom. The normalized spacial score (nSPS) is 16.2. The van der Waals surface area contributed by atoms with Gasteiger partial charge in [0.15, 0.2) is 0 Å². The molecule has 1 unspecified atom stereocenters. The average molecular weight is 698 g/mol. The number of fused-ring (bicyclic) bond motifs is 4. The zero-order chi connectivity index (χ0) is 35.8. The first kappa shape index (κ1) is 32.5.